The predicted octanol–water partition coefficient (Wildman–Crippen LogP) is 3.55. The van der Waals surface area contributed by atoms with Crippen molar-refractivity contribution in [1.29, 1.82) is 0 Å². The highest BCUT2D eigenvalue weighted by molar-refractivity contribution is 6.20. The average Bonchev–Trinajstić information content (AvgIpc) is 2.55. The third-order valence-electron chi connectivity index (χ3n) is 3.36. The summed E-state index contributed by atoms with van der Waals surface area (Å²) in [5.74, 6) is -2.10. The number of carboxylic acids is 1. The van der Waals surface area contributed by atoms with Crippen molar-refractivity contribution in [2.24, 2.45) is 0 Å². The van der Waals surface area contributed by atoms with Crippen molar-refractivity contribution in [3.8, 4) is 0 Å². The number of aliphatic carboxylic acids is 1. The van der Waals surface area contributed by atoms with Crippen LogP contribution in [-0.2, 0) is 9.53 Å². The molecule has 0 amide bonds. The molecule has 0 saturated heterocycles. The van der Waals surface area contributed by atoms with E-state index in [0.717, 1.165) is 0 Å². The third-order valence-corrected chi connectivity index (χ3v) is 3.36. The molecule has 0 aromatic heterocycles. The molecule has 0 unspecified atom stereocenters. The first-order chi connectivity index (χ1) is 10.9. The van der Waals surface area contributed by atoms with Crippen molar-refractivity contribution in [2.45, 2.75) is 6.92 Å². The van der Waals surface area contributed by atoms with Crippen LogP contribution in [0.3, 0.4) is 0 Å². The van der Waals surface area contributed by atoms with E-state index in [1.54, 1.807) is 25.1 Å². The molecule has 0 aliphatic rings. The lowest BCUT2D eigenvalue weighted by atomic mass is 10.0. The number of hydrogen-bond donors (Lipinski definition) is 1. The van der Waals surface area contributed by atoms with Gasteiger partial charge in [-0.05, 0) is 47.9 Å². The number of methoxy groups -OCH3 is 1. The molecule has 23 heavy (non-hydrogen) atoms. The molecule has 2 aromatic rings. The zero-order chi connectivity index (χ0) is 17.0. The normalized spacial score (nSPS) is 11.2. The second-order valence-corrected chi connectivity index (χ2v) is 4.94. The van der Waals surface area contributed by atoms with Crippen molar-refractivity contribution in [3.63, 3.8) is 0 Å². The van der Waals surface area contributed by atoms with Gasteiger partial charge in [0.1, 0.15) is 5.82 Å². The number of carbonyl (C=O) groups is 2. The van der Waals surface area contributed by atoms with Gasteiger partial charge in [0.15, 0.2) is 0 Å². The number of hydrogen-bond acceptors (Lipinski definition) is 3. The summed E-state index contributed by atoms with van der Waals surface area (Å²) in [6.07, 6.45) is 1.42. The van der Waals surface area contributed by atoms with Gasteiger partial charge in [-0.2, -0.15) is 0 Å². The molecule has 0 fully saturated rings. The zero-order valence-electron chi connectivity index (χ0n) is 12.7. The van der Waals surface area contributed by atoms with Gasteiger partial charge in [0.25, 0.3) is 0 Å². The lowest BCUT2D eigenvalue weighted by Crippen LogP contribution is -2.02. The van der Waals surface area contributed by atoms with Crippen LogP contribution < -0.4 is 0 Å². The quantitative estimate of drug-likeness (QED) is 0.532. The fraction of sp³-hybridized carbons (Fsp3) is 0.111. The summed E-state index contributed by atoms with van der Waals surface area (Å²) in [5, 5.41) is 9.36. The minimum atomic E-state index is -1.16. The Hall–Kier alpha value is -2.95. The largest absolute Gasteiger partial charge is 0.478 e. The van der Waals surface area contributed by atoms with E-state index in [4.69, 9.17) is 0 Å². The molecule has 0 bridgehead atoms. The van der Waals surface area contributed by atoms with Crippen molar-refractivity contribution in [2.75, 3.05) is 7.11 Å². The number of carboxylic acid groups (broad SMARTS) is 1. The molecule has 1 N–H and O–H groups in total. The SMILES string of the molecule is COC(=O)c1ccc(/C=C(\C(=O)O)c2ccc(C)c(F)c2)cc1. The van der Waals surface area contributed by atoms with Crippen LogP contribution in [0.4, 0.5) is 4.39 Å². The fourth-order valence-corrected chi connectivity index (χ4v) is 2.03. The molecule has 4 nitrogen and oxygen atoms in total. The maximum absolute atomic E-state index is 13.7. The van der Waals surface area contributed by atoms with Crippen LogP contribution in [0.25, 0.3) is 11.6 Å². The standard InChI is InChI=1S/C18H15FO4/c1-11-3-6-14(10-16(11)19)15(17(20)21)9-12-4-7-13(8-5-12)18(22)23-2/h3-10H,1-2H3,(H,20,21)/b15-9-. The Morgan fingerprint density at radius 3 is 2.22 bits per heavy atom. The average molecular weight is 314 g/mol. The van der Waals surface area contributed by atoms with Gasteiger partial charge >= 0.3 is 11.9 Å². The summed E-state index contributed by atoms with van der Waals surface area (Å²) in [6, 6.07) is 10.5. The number of ether oxygens (including phenoxy) is 1. The van der Waals surface area contributed by atoms with Gasteiger partial charge in [-0.25, -0.2) is 14.0 Å². The highest BCUT2D eigenvalue weighted by atomic mass is 19.1. The van der Waals surface area contributed by atoms with E-state index in [0.29, 0.717) is 16.7 Å². The summed E-state index contributed by atoms with van der Waals surface area (Å²) in [6.45, 7) is 1.61. The smallest absolute Gasteiger partial charge is 0.337 e. The third kappa shape index (κ3) is 3.83. The number of aryl methyl sites for hydroxylation is 1. The Balaban J connectivity index is 2.41. The second kappa shape index (κ2) is 6.87. The van der Waals surface area contributed by atoms with Gasteiger partial charge in [0, 0.05) is 0 Å². The van der Waals surface area contributed by atoms with E-state index in [1.165, 1.54) is 37.5 Å². The highest BCUT2D eigenvalue weighted by Gasteiger charge is 2.12. The second-order valence-electron chi connectivity index (χ2n) is 4.94. The predicted molar refractivity (Wildman–Crippen MR) is 84.4 cm³/mol. The molecular formula is C18H15FO4. The fourth-order valence-electron chi connectivity index (χ4n) is 2.03. The van der Waals surface area contributed by atoms with Gasteiger partial charge in [-0.15, -0.1) is 0 Å². The summed E-state index contributed by atoms with van der Waals surface area (Å²) >= 11 is 0. The Kier molecular flexibility index (Phi) is 4.91. The summed E-state index contributed by atoms with van der Waals surface area (Å²) < 4.78 is 18.2. The molecular weight excluding hydrogens is 299 g/mol. The lowest BCUT2D eigenvalue weighted by molar-refractivity contribution is -0.130. The van der Waals surface area contributed by atoms with Crippen molar-refractivity contribution >= 4 is 23.6 Å². The summed E-state index contributed by atoms with van der Waals surface area (Å²) in [5.41, 5.74) is 1.63. The van der Waals surface area contributed by atoms with E-state index in [9.17, 15) is 19.1 Å². The van der Waals surface area contributed by atoms with Crippen LogP contribution in [0.1, 0.15) is 27.0 Å². The van der Waals surface area contributed by atoms with Gasteiger partial charge in [-0.1, -0.05) is 24.3 Å². The first-order valence-electron chi connectivity index (χ1n) is 6.82. The van der Waals surface area contributed by atoms with Crippen molar-refractivity contribution in [3.05, 3.63) is 70.5 Å². The Labute approximate surface area is 132 Å². The maximum Gasteiger partial charge on any atom is 0.337 e. The molecule has 0 radical (unpaired) electrons. The maximum atomic E-state index is 13.7. The molecule has 0 atom stereocenters. The molecule has 2 aromatic carbocycles. The number of rotatable bonds is 4. The Morgan fingerprint density at radius 1 is 1.09 bits per heavy atom. The van der Waals surface area contributed by atoms with E-state index in [2.05, 4.69) is 4.74 Å². The van der Waals surface area contributed by atoms with Crippen LogP contribution in [0.15, 0.2) is 42.5 Å². The zero-order valence-corrected chi connectivity index (χ0v) is 12.7. The highest BCUT2D eigenvalue weighted by Crippen LogP contribution is 2.21. The van der Waals surface area contributed by atoms with Crippen LogP contribution >= 0.6 is 0 Å². The van der Waals surface area contributed by atoms with E-state index in [-0.39, 0.29) is 11.1 Å². The van der Waals surface area contributed by atoms with Gasteiger partial charge in [0.05, 0.1) is 18.2 Å². The Bertz CT molecular complexity index is 776. The topological polar surface area (TPSA) is 63.6 Å². The minimum absolute atomic E-state index is 0.0327. The van der Waals surface area contributed by atoms with E-state index in [1.807, 2.05) is 0 Å². The van der Waals surface area contributed by atoms with Crippen LogP contribution in [-0.4, -0.2) is 24.2 Å². The molecule has 118 valence electrons. The van der Waals surface area contributed by atoms with E-state index >= 15 is 0 Å². The molecule has 0 saturated carbocycles. The molecule has 2 rings (SSSR count). The first-order valence-corrected chi connectivity index (χ1v) is 6.82. The molecule has 0 aliphatic carbocycles. The van der Waals surface area contributed by atoms with Gasteiger partial charge < -0.3 is 9.84 Å². The molecule has 0 aliphatic heterocycles. The van der Waals surface area contributed by atoms with Crippen LogP contribution in [0.2, 0.25) is 0 Å². The van der Waals surface area contributed by atoms with Crippen LogP contribution in [0.5, 0.6) is 0 Å². The molecule has 5 heteroatoms. The number of esters is 1. The summed E-state index contributed by atoms with van der Waals surface area (Å²) in [4.78, 5) is 22.8. The van der Waals surface area contributed by atoms with E-state index < -0.39 is 17.8 Å². The monoisotopic (exact) mass is 314 g/mol. The van der Waals surface area contributed by atoms with Gasteiger partial charge in [-0.3, -0.25) is 0 Å². The summed E-state index contributed by atoms with van der Waals surface area (Å²) in [7, 11) is 1.28. The van der Waals surface area contributed by atoms with Crippen molar-refractivity contribution < 1.29 is 23.8 Å². The first kappa shape index (κ1) is 16.4. The molecule has 0 heterocycles. The minimum Gasteiger partial charge on any atom is -0.478 e. The Morgan fingerprint density at radius 2 is 1.70 bits per heavy atom. The van der Waals surface area contributed by atoms with Crippen molar-refractivity contribution in [1.82, 2.24) is 0 Å². The van der Waals surface area contributed by atoms with Gasteiger partial charge in [0.2, 0.25) is 0 Å². The lowest BCUT2D eigenvalue weighted by Gasteiger charge is -2.06. The number of benzene rings is 2. The van der Waals surface area contributed by atoms with Crippen LogP contribution in [0, 0.1) is 12.7 Å². The number of carbonyl (C=O) groups excluding carboxylic acids is 1. The molecule has 0 spiro atoms. The number of halogens is 1.